The van der Waals surface area contributed by atoms with Crippen LogP contribution >= 0.6 is 0 Å². The molecule has 4 heteroatoms. The van der Waals surface area contributed by atoms with Crippen LogP contribution in [0.25, 0.3) is 0 Å². The number of ether oxygens (including phenoxy) is 4. The van der Waals surface area contributed by atoms with Gasteiger partial charge in [0.15, 0.2) is 0 Å². The first-order valence-corrected chi connectivity index (χ1v) is 14.6. The maximum Gasteiger partial charge on any atom is 0.122 e. The van der Waals surface area contributed by atoms with Gasteiger partial charge in [-0.2, -0.15) is 0 Å². The SMILES string of the molecule is CC(C)=COCCOc1ccc(C2(c3ccc(OCCOC=C(C)C)cc3)c3ccccc3Cc3ccccc32)cc1. The molecule has 4 nitrogen and oxygen atoms in total. The average molecular weight is 561 g/mol. The van der Waals surface area contributed by atoms with Crippen LogP contribution in [0.3, 0.4) is 0 Å². The third kappa shape index (κ3) is 6.38. The summed E-state index contributed by atoms with van der Waals surface area (Å²) in [7, 11) is 0. The summed E-state index contributed by atoms with van der Waals surface area (Å²) >= 11 is 0. The third-order valence-corrected chi connectivity index (χ3v) is 7.38. The molecule has 4 aromatic rings. The summed E-state index contributed by atoms with van der Waals surface area (Å²) in [5.41, 5.74) is 9.44. The fourth-order valence-electron chi connectivity index (χ4n) is 5.69. The largest absolute Gasteiger partial charge is 0.498 e. The lowest BCUT2D eigenvalue weighted by molar-refractivity contribution is 0.177. The molecule has 0 aliphatic heterocycles. The number of hydrogen-bond donors (Lipinski definition) is 0. The first-order valence-electron chi connectivity index (χ1n) is 14.6. The zero-order valence-electron chi connectivity index (χ0n) is 25.1. The maximum absolute atomic E-state index is 6.01. The molecule has 0 N–H and O–H groups in total. The van der Waals surface area contributed by atoms with Crippen LogP contribution in [0.1, 0.15) is 61.1 Å². The fraction of sp³-hybridized carbons (Fsp3) is 0.263. The highest BCUT2D eigenvalue weighted by molar-refractivity contribution is 5.67. The topological polar surface area (TPSA) is 36.9 Å². The third-order valence-electron chi connectivity index (χ3n) is 7.38. The Bertz CT molecular complexity index is 1410. The van der Waals surface area contributed by atoms with Crippen molar-refractivity contribution in [3.05, 3.63) is 154 Å². The molecule has 0 spiro atoms. The second-order valence-corrected chi connectivity index (χ2v) is 11.1. The van der Waals surface area contributed by atoms with Gasteiger partial charge in [-0.3, -0.25) is 0 Å². The second-order valence-electron chi connectivity index (χ2n) is 11.1. The van der Waals surface area contributed by atoms with E-state index in [4.69, 9.17) is 18.9 Å². The Kier molecular flexibility index (Phi) is 9.33. The van der Waals surface area contributed by atoms with Gasteiger partial charge in [0, 0.05) is 0 Å². The smallest absolute Gasteiger partial charge is 0.122 e. The van der Waals surface area contributed by atoms with E-state index in [1.807, 2.05) is 27.7 Å². The minimum absolute atomic E-state index is 0.485. The monoisotopic (exact) mass is 560 g/mol. The van der Waals surface area contributed by atoms with Crippen molar-refractivity contribution in [2.45, 2.75) is 39.5 Å². The van der Waals surface area contributed by atoms with Crippen molar-refractivity contribution in [2.75, 3.05) is 26.4 Å². The van der Waals surface area contributed by atoms with E-state index < -0.39 is 5.41 Å². The van der Waals surface area contributed by atoms with Crippen molar-refractivity contribution >= 4 is 0 Å². The van der Waals surface area contributed by atoms with Gasteiger partial charge in [0.25, 0.3) is 0 Å². The Morgan fingerprint density at radius 3 is 1.36 bits per heavy atom. The van der Waals surface area contributed by atoms with Gasteiger partial charge in [-0.15, -0.1) is 0 Å². The average Bonchev–Trinajstić information content (AvgIpc) is 3.00. The van der Waals surface area contributed by atoms with Gasteiger partial charge in [0.1, 0.15) is 37.9 Å². The molecule has 4 aromatic carbocycles. The van der Waals surface area contributed by atoms with Gasteiger partial charge in [0.2, 0.25) is 0 Å². The normalized spacial score (nSPS) is 12.8. The molecule has 0 unspecified atom stereocenters. The van der Waals surface area contributed by atoms with E-state index in [0.29, 0.717) is 26.4 Å². The lowest BCUT2D eigenvalue weighted by atomic mass is 9.60. The van der Waals surface area contributed by atoms with E-state index >= 15 is 0 Å². The lowest BCUT2D eigenvalue weighted by Crippen LogP contribution is -2.36. The summed E-state index contributed by atoms with van der Waals surface area (Å²) in [6.07, 6.45) is 4.44. The van der Waals surface area contributed by atoms with E-state index in [-0.39, 0.29) is 0 Å². The Morgan fingerprint density at radius 1 is 0.548 bits per heavy atom. The highest BCUT2D eigenvalue weighted by Gasteiger charge is 2.43. The molecular formula is C38H40O4. The Hall–Kier alpha value is -4.44. The number of allylic oxidation sites excluding steroid dienone is 2. The van der Waals surface area contributed by atoms with Crippen LogP contribution < -0.4 is 9.47 Å². The van der Waals surface area contributed by atoms with Crippen LogP contribution in [-0.2, 0) is 21.3 Å². The van der Waals surface area contributed by atoms with Crippen LogP contribution in [-0.4, -0.2) is 26.4 Å². The van der Waals surface area contributed by atoms with Crippen molar-refractivity contribution in [1.82, 2.24) is 0 Å². The molecule has 0 radical (unpaired) electrons. The van der Waals surface area contributed by atoms with Crippen molar-refractivity contribution in [3.8, 4) is 11.5 Å². The molecule has 0 amide bonds. The highest BCUT2D eigenvalue weighted by Crippen LogP contribution is 2.51. The van der Waals surface area contributed by atoms with Gasteiger partial charge < -0.3 is 18.9 Å². The first kappa shape index (κ1) is 29.1. The van der Waals surface area contributed by atoms with Gasteiger partial charge in [-0.25, -0.2) is 0 Å². The number of hydrogen-bond acceptors (Lipinski definition) is 4. The molecule has 0 atom stereocenters. The molecule has 0 fully saturated rings. The molecule has 0 aromatic heterocycles. The van der Waals surface area contributed by atoms with Crippen LogP contribution in [0, 0.1) is 0 Å². The van der Waals surface area contributed by atoms with E-state index in [2.05, 4.69) is 97.1 Å². The zero-order valence-corrected chi connectivity index (χ0v) is 25.1. The van der Waals surface area contributed by atoms with Crippen molar-refractivity contribution in [3.63, 3.8) is 0 Å². The number of rotatable bonds is 12. The molecule has 0 saturated carbocycles. The molecule has 0 saturated heterocycles. The summed E-state index contributed by atoms with van der Waals surface area (Å²) in [6, 6.07) is 34.8. The predicted molar refractivity (Wildman–Crippen MR) is 169 cm³/mol. The van der Waals surface area contributed by atoms with E-state index in [0.717, 1.165) is 29.1 Å². The second kappa shape index (κ2) is 13.5. The highest BCUT2D eigenvalue weighted by atomic mass is 16.5. The van der Waals surface area contributed by atoms with Crippen LogP contribution in [0.5, 0.6) is 11.5 Å². The van der Waals surface area contributed by atoms with Gasteiger partial charge in [0.05, 0.1) is 17.9 Å². The molecule has 5 rings (SSSR count). The van der Waals surface area contributed by atoms with Crippen LogP contribution in [0.4, 0.5) is 0 Å². The molecular weight excluding hydrogens is 520 g/mol. The quantitative estimate of drug-likeness (QED) is 0.113. The Balaban J connectivity index is 1.50. The fourth-order valence-corrected chi connectivity index (χ4v) is 5.69. The van der Waals surface area contributed by atoms with Crippen molar-refractivity contribution < 1.29 is 18.9 Å². The molecule has 0 bridgehead atoms. The summed E-state index contributed by atoms with van der Waals surface area (Å²) < 4.78 is 23.1. The molecule has 42 heavy (non-hydrogen) atoms. The van der Waals surface area contributed by atoms with Crippen LogP contribution in [0.2, 0.25) is 0 Å². The summed E-state index contributed by atoms with van der Waals surface area (Å²) in [4.78, 5) is 0. The Labute approximate surface area is 250 Å². The van der Waals surface area contributed by atoms with Crippen molar-refractivity contribution in [1.29, 1.82) is 0 Å². The number of benzene rings is 4. The summed E-state index contributed by atoms with van der Waals surface area (Å²) in [6.45, 7) is 10.0. The summed E-state index contributed by atoms with van der Waals surface area (Å²) in [5.74, 6) is 1.65. The molecule has 0 heterocycles. The minimum atomic E-state index is -0.485. The van der Waals surface area contributed by atoms with Crippen molar-refractivity contribution in [2.24, 2.45) is 0 Å². The minimum Gasteiger partial charge on any atom is -0.498 e. The van der Waals surface area contributed by atoms with E-state index in [1.54, 1.807) is 12.5 Å². The molecule has 216 valence electrons. The summed E-state index contributed by atoms with van der Waals surface area (Å²) in [5, 5.41) is 0. The standard InChI is InChI=1S/C38H40O4/c1-28(2)26-39-21-23-41-34-17-13-32(14-18-34)38(33-15-19-35(20-16-33)42-24-22-40-27-29(3)4)36-11-7-5-9-30(36)25-31-10-6-8-12-37(31)38/h5-20,26-27H,21-25H2,1-4H3. The van der Waals surface area contributed by atoms with E-state index in [1.165, 1.54) is 33.4 Å². The Morgan fingerprint density at radius 2 is 0.952 bits per heavy atom. The predicted octanol–water partition coefficient (Wildman–Crippen LogP) is 8.61. The van der Waals surface area contributed by atoms with Crippen LogP contribution in [0.15, 0.2) is 121 Å². The maximum atomic E-state index is 6.01. The van der Waals surface area contributed by atoms with Gasteiger partial charge >= 0.3 is 0 Å². The van der Waals surface area contributed by atoms with Gasteiger partial charge in [-0.1, -0.05) is 72.8 Å². The lowest BCUT2D eigenvalue weighted by Gasteiger charge is -2.42. The molecule has 1 aliphatic carbocycles. The zero-order chi connectivity index (χ0) is 29.4. The number of fused-ring (bicyclic) bond motifs is 2. The molecule has 1 aliphatic rings. The van der Waals surface area contributed by atoms with Gasteiger partial charge in [-0.05, 0) is 103 Å². The van der Waals surface area contributed by atoms with E-state index in [9.17, 15) is 0 Å². The first-order chi connectivity index (χ1) is 20.5.